The molecule has 0 saturated heterocycles. The van der Waals surface area contributed by atoms with Crippen molar-refractivity contribution >= 4 is 29.1 Å². The van der Waals surface area contributed by atoms with Crippen molar-refractivity contribution in [2.24, 2.45) is 0 Å². The molecular weight excluding hydrogens is 324 g/mol. The number of amides is 2. The van der Waals surface area contributed by atoms with Gasteiger partial charge in [0, 0.05) is 36.3 Å². The molecule has 2 aromatic carbocycles. The fourth-order valence-electron chi connectivity index (χ4n) is 2.56. The van der Waals surface area contributed by atoms with Crippen molar-refractivity contribution in [3.05, 3.63) is 64.2 Å². The minimum absolute atomic E-state index is 0.0549. The first-order valence-corrected chi connectivity index (χ1v) is 8.15. The van der Waals surface area contributed by atoms with E-state index in [1.807, 2.05) is 26.0 Å². The Balaban J connectivity index is 2.00. The Morgan fingerprint density at radius 2 is 1.62 bits per heavy atom. The normalized spacial score (nSPS) is 10.3. The lowest BCUT2D eigenvalue weighted by Gasteiger charge is -2.22. The van der Waals surface area contributed by atoms with Gasteiger partial charge in [0.2, 0.25) is 5.91 Å². The predicted molar refractivity (Wildman–Crippen MR) is 97.7 cm³/mol. The molecule has 0 atom stereocenters. The van der Waals surface area contributed by atoms with Crippen LogP contribution >= 0.6 is 11.6 Å². The summed E-state index contributed by atoms with van der Waals surface area (Å²) in [5.74, 6) is -0.240. The zero-order valence-electron chi connectivity index (χ0n) is 14.1. The van der Waals surface area contributed by atoms with E-state index in [0.717, 1.165) is 16.8 Å². The van der Waals surface area contributed by atoms with Crippen LogP contribution in [0.15, 0.2) is 42.5 Å². The summed E-state index contributed by atoms with van der Waals surface area (Å²) in [5, 5.41) is 3.41. The number of rotatable bonds is 5. The van der Waals surface area contributed by atoms with Crippen molar-refractivity contribution in [1.29, 1.82) is 0 Å². The zero-order valence-corrected chi connectivity index (χ0v) is 14.9. The first-order chi connectivity index (χ1) is 11.4. The van der Waals surface area contributed by atoms with E-state index in [0.29, 0.717) is 23.7 Å². The van der Waals surface area contributed by atoms with Gasteiger partial charge in [-0.2, -0.15) is 0 Å². The predicted octanol–water partition coefficient (Wildman–Crippen LogP) is 3.74. The summed E-state index contributed by atoms with van der Waals surface area (Å²) in [4.78, 5) is 25.7. The number of nitrogens with zero attached hydrogens (tertiary/aromatic N) is 1. The largest absolute Gasteiger partial charge is 0.350 e. The molecule has 24 heavy (non-hydrogen) atoms. The highest BCUT2D eigenvalue weighted by atomic mass is 35.5. The summed E-state index contributed by atoms with van der Waals surface area (Å²) in [6.45, 7) is 6.30. The number of hydrogen-bond acceptors (Lipinski definition) is 2. The molecule has 2 amide bonds. The van der Waals surface area contributed by atoms with Crippen LogP contribution < -0.4 is 10.2 Å². The van der Waals surface area contributed by atoms with Gasteiger partial charge in [-0.1, -0.05) is 17.7 Å². The second kappa shape index (κ2) is 7.97. The second-order valence-electron chi connectivity index (χ2n) is 5.78. The first kappa shape index (κ1) is 18.0. The SMILES string of the molecule is CC(=O)N(CCNC(=O)c1ccc(Cl)cc1)c1cc(C)cc(C)c1. The van der Waals surface area contributed by atoms with Crippen LogP contribution in [0.2, 0.25) is 5.02 Å². The molecule has 1 N–H and O–H groups in total. The topological polar surface area (TPSA) is 49.4 Å². The lowest BCUT2D eigenvalue weighted by molar-refractivity contribution is -0.116. The highest BCUT2D eigenvalue weighted by Crippen LogP contribution is 2.18. The van der Waals surface area contributed by atoms with Gasteiger partial charge in [0.1, 0.15) is 0 Å². The van der Waals surface area contributed by atoms with Crippen molar-refractivity contribution in [2.45, 2.75) is 20.8 Å². The van der Waals surface area contributed by atoms with Crippen molar-refractivity contribution in [3.63, 3.8) is 0 Å². The van der Waals surface area contributed by atoms with Crippen molar-refractivity contribution in [1.82, 2.24) is 5.32 Å². The van der Waals surface area contributed by atoms with E-state index in [1.54, 1.807) is 29.2 Å². The molecule has 0 aliphatic rings. The Labute approximate surface area is 147 Å². The molecule has 5 heteroatoms. The first-order valence-electron chi connectivity index (χ1n) is 7.77. The standard InChI is InChI=1S/C19H21ClN2O2/c1-13-10-14(2)12-18(11-13)22(15(3)23)9-8-21-19(24)16-4-6-17(20)7-5-16/h4-7,10-12H,8-9H2,1-3H3,(H,21,24). The average Bonchev–Trinajstić information content (AvgIpc) is 2.50. The highest BCUT2D eigenvalue weighted by Gasteiger charge is 2.13. The number of carbonyl (C=O) groups is 2. The Kier molecular flexibility index (Phi) is 5.99. The summed E-state index contributed by atoms with van der Waals surface area (Å²) in [6, 6.07) is 12.7. The van der Waals surface area contributed by atoms with Gasteiger partial charge in [0.25, 0.3) is 5.91 Å². The summed E-state index contributed by atoms with van der Waals surface area (Å²) >= 11 is 5.81. The fourth-order valence-corrected chi connectivity index (χ4v) is 2.69. The Morgan fingerprint density at radius 1 is 1.04 bits per heavy atom. The van der Waals surface area contributed by atoms with Crippen molar-refractivity contribution < 1.29 is 9.59 Å². The van der Waals surface area contributed by atoms with Crippen LogP contribution in [0.4, 0.5) is 5.69 Å². The minimum atomic E-state index is -0.185. The van der Waals surface area contributed by atoms with Gasteiger partial charge >= 0.3 is 0 Å². The number of nitrogens with one attached hydrogen (secondary N) is 1. The highest BCUT2D eigenvalue weighted by molar-refractivity contribution is 6.30. The van der Waals surface area contributed by atoms with Crippen molar-refractivity contribution in [2.75, 3.05) is 18.0 Å². The maximum absolute atomic E-state index is 12.1. The van der Waals surface area contributed by atoms with Crippen LogP contribution in [0, 0.1) is 13.8 Å². The van der Waals surface area contributed by atoms with Gasteiger partial charge in [-0.15, -0.1) is 0 Å². The van der Waals surface area contributed by atoms with Crippen LogP contribution in [-0.2, 0) is 4.79 Å². The Bertz CT molecular complexity index is 721. The molecule has 126 valence electrons. The van der Waals surface area contributed by atoms with Gasteiger partial charge in [-0.05, 0) is 61.4 Å². The van der Waals surface area contributed by atoms with E-state index in [9.17, 15) is 9.59 Å². The lowest BCUT2D eigenvalue weighted by atomic mass is 10.1. The number of carbonyl (C=O) groups excluding carboxylic acids is 2. The summed E-state index contributed by atoms with van der Waals surface area (Å²) in [7, 11) is 0. The maximum Gasteiger partial charge on any atom is 0.251 e. The van der Waals surface area contributed by atoms with Gasteiger partial charge in [0.15, 0.2) is 0 Å². The Morgan fingerprint density at radius 3 is 2.17 bits per heavy atom. The summed E-state index contributed by atoms with van der Waals surface area (Å²) in [6.07, 6.45) is 0. The molecule has 0 radical (unpaired) electrons. The third kappa shape index (κ3) is 4.83. The minimum Gasteiger partial charge on any atom is -0.350 e. The molecule has 0 heterocycles. The van der Waals surface area contributed by atoms with Crippen LogP contribution in [-0.4, -0.2) is 24.9 Å². The van der Waals surface area contributed by atoms with Crippen LogP contribution in [0.5, 0.6) is 0 Å². The van der Waals surface area contributed by atoms with Gasteiger partial charge < -0.3 is 10.2 Å². The molecular formula is C19H21ClN2O2. The van der Waals surface area contributed by atoms with Crippen LogP contribution in [0.1, 0.15) is 28.4 Å². The molecule has 4 nitrogen and oxygen atoms in total. The number of benzene rings is 2. The van der Waals surface area contributed by atoms with E-state index < -0.39 is 0 Å². The van der Waals surface area contributed by atoms with E-state index in [1.165, 1.54) is 6.92 Å². The van der Waals surface area contributed by atoms with Gasteiger partial charge in [0.05, 0.1) is 0 Å². The molecule has 0 aliphatic carbocycles. The summed E-state index contributed by atoms with van der Waals surface area (Å²) < 4.78 is 0. The molecule has 0 saturated carbocycles. The molecule has 0 aliphatic heterocycles. The van der Waals surface area contributed by atoms with Crippen molar-refractivity contribution in [3.8, 4) is 0 Å². The molecule has 2 rings (SSSR count). The molecule has 0 aromatic heterocycles. The van der Waals surface area contributed by atoms with Gasteiger partial charge in [-0.25, -0.2) is 0 Å². The Hall–Kier alpha value is -2.33. The van der Waals surface area contributed by atoms with E-state index in [4.69, 9.17) is 11.6 Å². The molecule has 0 bridgehead atoms. The smallest absolute Gasteiger partial charge is 0.251 e. The van der Waals surface area contributed by atoms with E-state index >= 15 is 0 Å². The molecule has 0 spiro atoms. The molecule has 2 aromatic rings. The van der Waals surface area contributed by atoms with Crippen LogP contribution in [0.3, 0.4) is 0 Å². The number of anilines is 1. The van der Waals surface area contributed by atoms with Gasteiger partial charge in [-0.3, -0.25) is 9.59 Å². The monoisotopic (exact) mass is 344 g/mol. The number of hydrogen-bond donors (Lipinski definition) is 1. The number of aryl methyl sites for hydroxylation is 2. The van der Waals surface area contributed by atoms with E-state index in [-0.39, 0.29) is 11.8 Å². The maximum atomic E-state index is 12.1. The molecule has 0 fully saturated rings. The van der Waals surface area contributed by atoms with Crippen LogP contribution in [0.25, 0.3) is 0 Å². The average molecular weight is 345 g/mol. The third-order valence-corrected chi connectivity index (χ3v) is 3.88. The lowest BCUT2D eigenvalue weighted by Crippen LogP contribution is -2.37. The fraction of sp³-hybridized carbons (Fsp3) is 0.263. The molecule has 0 unspecified atom stereocenters. The van der Waals surface area contributed by atoms with E-state index in [2.05, 4.69) is 11.4 Å². The zero-order chi connectivity index (χ0) is 17.7. The summed E-state index contributed by atoms with van der Waals surface area (Å²) in [5.41, 5.74) is 3.59. The third-order valence-electron chi connectivity index (χ3n) is 3.63. The number of halogens is 1. The quantitative estimate of drug-likeness (QED) is 0.898. The second-order valence-corrected chi connectivity index (χ2v) is 6.22.